The van der Waals surface area contributed by atoms with E-state index in [4.69, 9.17) is 4.98 Å². The van der Waals surface area contributed by atoms with Gasteiger partial charge in [-0.15, -0.1) is 5.10 Å². The van der Waals surface area contributed by atoms with Crippen molar-refractivity contribution in [2.45, 2.75) is 30.2 Å². The number of rotatable bonds is 8. The number of tetrazole rings is 1. The molecule has 4 rings (SSSR count). The van der Waals surface area contributed by atoms with Gasteiger partial charge in [0.05, 0.1) is 16.6 Å². The number of halogens is 1. The van der Waals surface area contributed by atoms with Crippen LogP contribution in [0.5, 0.6) is 0 Å². The highest BCUT2D eigenvalue weighted by Gasteiger charge is 2.13. The first-order valence-corrected chi connectivity index (χ1v) is 12.2. The number of hydrogen-bond donors (Lipinski definition) is 0. The van der Waals surface area contributed by atoms with Crippen LogP contribution in [0.1, 0.15) is 13.3 Å². The Morgan fingerprint density at radius 2 is 1.73 bits per heavy atom. The van der Waals surface area contributed by atoms with Gasteiger partial charge < -0.3 is 0 Å². The molecule has 154 valence electrons. The zero-order chi connectivity index (χ0) is 20.9. The van der Waals surface area contributed by atoms with E-state index in [1.54, 1.807) is 32.8 Å². The summed E-state index contributed by atoms with van der Waals surface area (Å²) in [5.41, 5.74) is 1.47. The van der Waals surface area contributed by atoms with Crippen LogP contribution < -0.4 is 5.56 Å². The predicted molar refractivity (Wildman–Crippen MR) is 125 cm³/mol. The molecule has 4 aromatic rings. The van der Waals surface area contributed by atoms with Gasteiger partial charge >= 0.3 is 0 Å². The molecule has 2 aromatic heterocycles. The van der Waals surface area contributed by atoms with E-state index in [0.717, 1.165) is 45.3 Å². The van der Waals surface area contributed by atoms with Gasteiger partial charge in [-0.3, -0.25) is 9.36 Å². The molecule has 0 bridgehead atoms. The normalized spacial score (nSPS) is 11.3. The van der Waals surface area contributed by atoms with Crippen molar-refractivity contribution < 1.29 is 0 Å². The number of hydrogen-bond acceptors (Lipinski definition) is 7. The number of benzene rings is 2. The van der Waals surface area contributed by atoms with Crippen LogP contribution in [0.4, 0.5) is 0 Å². The highest BCUT2D eigenvalue weighted by molar-refractivity contribution is 9.10. The molecule has 0 aliphatic rings. The van der Waals surface area contributed by atoms with E-state index >= 15 is 0 Å². The second-order valence-electron chi connectivity index (χ2n) is 6.36. The molecule has 0 aliphatic heterocycles. The number of aryl methyl sites for hydroxylation is 1. The number of para-hydroxylation sites is 1. The predicted octanol–water partition coefficient (Wildman–Crippen LogP) is 4.43. The maximum Gasteiger partial charge on any atom is 0.266 e. The molecule has 10 heteroatoms. The van der Waals surface area contributed by atoms with E-state index in [9.17, 15) is 4.79 Å². The Labute approximate surface area is 190 Å². The molecule has 0 radical (unpaired) electrons. The quantitative estimate of drug-likeness (QED) is 0.200. The third-order valence-electron chi connectivity index (χ3n) is 4.38. The Balaban J connectivity index is 1.54. The lowest BCUT2D eigenvalue weighted by Gasteiger charge is -2.13. The molecule has 0 aliphatic carbocycles. The Bertz CT molecular complexity index is 1210. The number of fused-ring (bicyclic) bond motifs is 1. The Morgan fingerprint density at radius 3 is 2.50 bits per heavy atom. The van der Waals surface area contributed by atoms with Crippen LogP contribution in [0.3, 0.4) is 0 Å². The van der Waals surface area contributed by atoms with Gasteiger partial charge in [0.1, 0.15) is 0 Å². The maximum absolute atomic E-state index is 13.2. The molecule has 0 N–H and O–H groups in total. The van der Waals surface area contributed by atoms with Crippen molar-refractivity contribution in [2.24, 2.45) is 0 Å². The number of nitrogens with zero attached hydrogens (tertiary/aromatic N) is 6. The third kappa shape index (κ3) is 4.60. The third-order valence-corrected chi connectivity index (χ3v) is 6.98. The standard InChI is InChI=1S/C20H19BrN6OS2/c1-2-26-20(23-24-25-26)30-13-5-12-29-19-22-17-7-4-3-6-16(17)18(28)27(19)15-10-8-14(21)9-11-15/h3-4,6-11H,2,5,12-13H2,1H3. The summed E-state index contributed by atoms with van der Waals surface area (Å²) >= 11 is 6.69. The van der Waals surface area contributed by atoms with Gasteiger partial charge in [0.15, 0.2) is 5.16 Å². The SMILES string of the molecule is CCn1nnnc1SCCCSc1nc2ccccc2c(=O)n1-c1ccc(Br)cc1. The van der Waals surface area contributed by atoms with Crippen LogP contribution in [-0.2, 0) is 6.54 Å². The number of aromatic nitrogens is 6. The van der Waals surface area contributed by atoms with Gasteiger partial charge in [-0.25, -0.2) is 9.67 Å². The first kappa shape index (κ1) is 21.1. The van der Waals surface area contributed by atoms with E-state index in [1.165, 1.54) is 0 Å². The fraction of sp³-hybridized carbons (Fsp3) is 0.250. The minimum absolute atomic E-state index is 0.0538. The highest BCUT2D eigenvalue weighted by atomic mass is 79.9. The zero-order valence-electron chi connectivity index (χ0n) is 16.2. The van der Waals surface area contributed by atoms with Crippen LogP contribution in [0.15, 0.2) is 68.1 Å². The Kier molecular flexibility index (Phi) is 6.86. The minimum atomic E-state index is -0.0538. The van der Waals surface area contributed by atoms with Gasteiger partial charge in [0.25, 0.3) is 5.56 Å². The smallest absolute Gasteiger partial charge is 0.266 e. The summed E-state index contributed by atoms with van der Waals surface area (Å²) in [4.78, 5) is 18.0. The summed E-state index contributed by atoms with van der Waals surface area (Å²) in [7, 11) is 0. The van der Waals surface area contributed by atoms with Gasteiger partial charge in [0, 0.05) is 22.5 Å². The van der Waals surface area contributed by atoms with Gasteiger partial charge in [0.2, 0.25) is 5.16 Å². The monoisotopic (exact) mass is 502 g/mol. The molecule has 0 atom stereocenters. The van der Waals surface area contributed by atoms with Crippen molar-refractivity contribution in [2.75, 3.05) is 11.5 Å². The van der Waals surface area contributed by atoms with E-state index in [0.29, 0.717) is 10.5 Å². The lowest BCUT2D eigenvalue weighted by molar-refractivity contribution is 0.581. The maximum atomic E-state index is 13.2. The Morgan fingerprint density at radius 1 is 1.00 bits per heavy atom. The topological polar surface area (TPSA) is 78.5 Å². The summed E-state index contributed by atoms with van der Waals surface area (Å²) in [5.74, 6) is 1.73. The molecular weight excluding hydrogens is 484 g/mol. The Hall–Kier alpha value is -2.17. The summed E-state index contributed by atoms with van der Waals surface area (Å²) in [6.07, 6.45) is 0.939. The van der Waals surface area contributed by atoms with Crippen molar-refractivity contribution in [1.82, 2.24) is 29.8 Å². The molecule has 0 saturated carbocycles. The number of thioether (sulfide) groups is 2. The van der Waals surface area contributed by atoms with Gasteiger partial charge in [-0.05, 0) is 60.2 Å². The highest BCUT2D eigenvalue weighted by Crippen LogP contribution is 2.24. The van der Waals surface area contributed by atoms with Crippen molar-refractivity contribution >= 4 is 50.4 Å². The zero-order valence-corrected chi connectivity index (χ0v) is 19.5. The molecule has 0 saturated heterocycles. The molecule has 0 fully saturated rings. The second-order valence-corrected chi connectivity index (χ2v) is 9.40. The fourth-order valence-electron chi connectivity index (χ4n) is 2.91. The first-order chi connectivity index (χ1) is 14.7. The van der Waals surface area contributed by atoms with Crippen LogP contribution in [-0.4, -0.2) is 41.3 Å². The van der Waals surface area contributed by atoms with Crippen molar-refractivity contribution in [3.8, 4) is 5.69 Å². The molecule has 0 amide bonds. The van der Waals surface area contributed by atoms with Crippen molar-refractivity contribution in [3.63, 3.8) is 0 Å². The van der Waals surface area contributed by atoms with Crippen LogP contribution in [0, 0.1) is 0 Å². The van der Waals surface area contributed by atoms with E-state index in [-0.39, 0.29) is 5.56 Å². The van der Waals surface area contributed by atoms with E-state index < -0.39 is 0 Å². The fourth-order valence-corrected chi connectivity index (χ4v) is 5.19. The van der Waals surface area contributed by atoms with Gasteiger partial charge in [-0.2, -0.15) is 0 Å². The van der Waals surface area contributed by atoms with Crippen molar-refractivity contribution in [1.29, 1.82) is 0 Å². The molecule has 2 heterocycles. The largest absolute Gasteiger partial charge is 0.268 e. The van der Waals surface area contributed by atoms with Gasteiger partial charge in [-0.1, -0.05) is 51.6 Å². The molecular formula is C20H19BrN6OS2. The summed E-state index contributed by atoms with van der Waals surface area (Å²) in [6, 6.07) is 15.2. The minimum Gasteiger partial charge on any atom is -0.268 e. The van der Waals surface area contributed by atoms with Crippen LogP contribution in [0.2, 0.25) is 0 Å². The first-order valence-electron chi connectivity index (χ1n) is 9.47. The lowest BCUT2D eigenvalue weighted by atomic mass is 10.2. The molecule has 7 nitrogen and oxygen atoms in total. The van der Waals surface area contributed by atoms with Crippen LogP contribution >= 0.6 is 39.5 Å². The van der Waals surface area contributed by atoms with E-state index in [2.05, 4.69) is 31.5 Å². The molecule has 0 unspecified atom stereocenters. The van der Waals surface area contributed by atoms with Crippen molar-refractivity contribution in [3.05, 3.63) is 63.4 Å². The molecule has 30 heavy (non-hydrogen) atoms. The lowest BCUT2D eigenvalue weighted by Crippen LogP contribution is -2.21. The molecule has 2 aromatic carbocycles. The average Bonchev–Trinajstić information content (AvgIpc) is 3.22. The van der Waals surface area contributed by atoms with Crippen LogP contribution in [0.25, 0.3) is 16.6 Å². The molecule has 0 spiro atoms. The summed E-state index contributed by atoms with van der Waals surface area (Å²) in [6.45, 7) is 2.77. The average molecular weight is 503 g/mol. The second kappa shape index (κ2) is 9.76. The van der Waals surface area contributed by atoms with E-state index in [1.807, 2.05) is 55.5 Å². The summed E-state index contributed by atoms with van der Waals surface area (Å²) in [5, 5.41) is 13.9. The summed E-state index contributed by atoms with van der Waals surface area (Å²) < 4.78 is 4.45.